The Morgan fingerprint density at radius 3 is 2.50 bits per heavy atom. The van der Waals surface area contributed by atoms with E-state index in [9.17, 15) is 4.79 Å². The highest BCUT2D eigenvalue weighted by Gasteiger charge is 2.53. The number of fused-ring (bicyclic) bond motifs is 1. The van der Waals surface area contributed by atoms with Gasteiger partial charge in [-0.25, -0.2) is 4.79 Å². The van der Waals surface area contributed by atoms with Crippen LogP contribution in [0.3, 0.4) is 0 Å². The number of nitrogens with two attached hydrogens (primary N) is 1. The molecule has 6 heteroatoms. The molecule has 0 aromatic carbocycles. The fraction of sp³-hybridized carbons (Fsp3) is 0.929. The summed E-state index contributed by atoms with van der Waals surface area (Å²) in [5.74, 6) is -1.03. The second-order valence-electron chi connectivity index (χ2n) is 6.90. The first-order valence-electron chi connectivity index (χ1n) is 7.02. The largest absolute Gasteiger partial charge is 0.458 e. The number of carbonyl (C=O) groups excluding carboxylic acids is 1. The lowest BCUT2D eigenvalue weighted by Gasteiger charge is -2.23. The third-order valence-corrected chi connectivity index (χ3v) is 3.29. The highest BCUT2D eigenvalue weighted by atomic mass is 16.8. The van der Waals surface area contributed by atoms with Gasteiger partial charge in [0.15, 0.2) is 5.79 Å². The van der Waals surface area contributed by atoms with Crippen molar-refractivity contribution in [1.29, 1.82) is 0 Å². The smallest absolute Gasteiger partial charge is 0.332 e. The molecule has 1 saturated carbocycles. The topological polar surface area (TPSA) is 80.0 Å². The van der Waals surface area contributed by atoms with Gasteiger partial charge in [-0.1, -0.05) is 0 Å². The second-order valence-corrected chi connectivity index (χ2v) is 6.90. The van der Waals surface area contributed by atoms with Crippen LogP contribution in [-0.2, 0) is 23.7 Å². The minimum atomic E-state index is -0.652. The van der Waals surface area contributed by atoms with E-state index >= 15 is 0 Å². The van der Waals surface area contributed by atoms with Crippen molar-refractivity contribution in [3.8, 4) is 0 Å². The van der Waals surface area contributed by atoms with Gasteiger partial charge < -0.3 is 24.7 Å². The zero-order chi connectivity index (χ0) is 15.1. The first-order valence-corrected chi connectivity index (χ1v) is 7.02. The molecule has 2 fully saturated rings. The summed E-state index contributed by atoms with van der Waals surface area (Å²) in [4.78, 5) is 11.7. The first-order chi connectivity index (χ1) is 9.07. The summed E-state index contributed by atoms with van der Waals surface area (Å²) in [6, 6.07) is -0.134. The van der Waals surface area contributed by atoms with Crippen LogP contribution in [0.4, 0.5) is 0 Å². The summed E-state index contributed by atoms with van der Waals surface area (Å²) in [6.45, 7) is 9.07. The van der Waals surface area contributed by atoms with E-state index in [0.717, 1.165) is 0 Å². The molecule has 0 radical (unpaired) electrons. The average molecular weight is 287 g/mol. The molecule has 4 atom stereocenters. The molecule has 2 aliphatic rings. The zero-order valence-corrected chi connectivity index (χ0v) is 12.8. The fourth-order valence-corrected chi connectivity index (χ4v) is 2.68. The zero-order valence-electron chi connectivity index (χ0n) is 12.8. The van der Waals surface area contributed by atoms with Crippen molar-refractivity contribution in [2.45, 2.75) is 76.8 Å². The molecule has 2 rings (SSSR count). The van der Waals surface area contributed by atoms with Crippen LogP contribution in [0, 0.1) is 0 Å². The predicted octanol–water partition coefficient (Wildman–Crippen LogP) is 0.964. The third kappa shape index (κ3) is 3.69. The molecule has 4 unspecified atom stereocenters. The standard InChI is InChI=1S/C14H25NO5/c1-13(2,3)18-10(16)7-17-9-6-8(15)11-12(9)20-14(4,5)19-11/h8-9,11-12H,6-7,15H2,1-5H3. The van der Waals surface area contributed by atoms with Gasteiger partial charge in [-0.3, -0.25) is 0 Å². The number of carbonyl (C=O) groups is 1. The average Bonchev–Trinajstić information content (AvgIpc) is 2.69. The molecule has 0 amide bonds. The number of ether oxygens (including phenoxy) is 4. The first kappa shape index (κ1) is 15.7. The second kappa shape index (κ2) is 5.26. The van der Waals surface area contributed by atoms with Gasteiger partial charge in [-0.15, -0.1) is 0 Å². The van der Waals surface area contributed by atoms with Gasteiger partial charge in [-0.2, -0.15) is 0 Å². The summed E-state index contributed by atoms with van der Waals surface area (Å²) in [5.41, 5.74) is 5.53. The molecule has 20 heavy (non-hydrogen) atoms. The van der Waals surface area contributed by atoms with E-state index in [1.807, 2.05) is 34.6 Å². The number of esters is 1. The van der Waals surface area contributed by atoms with Crippen LogP contribution in [0.5, 0.6) is 0 Å². The van der Waals surface area contributed by atoms with Gasteiger partial charge in [0.1, 0.15) is 24.4 Å². The van der Waals surface area contributed by atoms with E-state index < -0.39 is 11.4 Å². The molecule has 2 N–H and O–H groups in total. The lowest BCUT2D eigenvalue weighted by molar-refractivity contribution is -0.176. The Labute approximate surface area is 119 Å². The van der Waals surface area contributed by atoms with Crippen molar-refractivity contribution >= 4 is 5.97 Å². The lowest BCUT2D eigenvalue weighted by atomic mass is 10.2. The molecule has 1 heterocycles. The molecule has 0 aromatic heterocycles. The molecule has 0 spiro atoms. The van der Waals surface area contributed by atoms with E-state index in [4.69, 9.17) is 24.7 Å². The van der Waals surface area contributed by atoms with Crippen molar-refractivity contribution in [2.24, 2.45) is 5.73 Å². The molecule has 0 aromatic rings. The number of rotatable bonds is 3. The predicted molar refractivity (Wildman–Crippen MR) is 72.0 cm³/mol. The van der Waals surface area contributed by atoms with E-state index in [1.54, 1.807) is 0 Å². The van der Waals surface area contributed by atoms with E-state index in [2.05, 4.69) is 0 Å². The summed E-state index contributed by atoms with van der Waals surface area (Å²) in [5, 5.41) is 0. The maximum Gasteiger partial charge on any atom is 0.332 e. The maximum atomic E-state index is 11.7. The highest BCUT2D eigenvalue weighted by molar-refractivity contribution is 5.71. The minimum Gasteiger partial charge on any atom is -0.458 e. The summed E-state index contributed by atoms with van der Waals surface area (Å²) in [7, 11) is 0. The van der Waals surface area contributed by atoms with E-state index in [1.165, 1.54) is 0 Å². The van der Waals surface area contributed by atoms with Crippen LogP contribution in [0.1, 0.15) is 41.0 Å². The van der Waals surface area contributed by atoms with Crippen molar-refractivity contribution < 1.29 is 23.7 Å². The third-order valence-electron chi connectivity index (χ3n) is 3.29. The Bertz CT molecular complexity index is 376. The molecule has 0 bridgehead atoms. The maximum absolute atomic E-state index is 11.7. The van der Waals surface area contributed by atoms with Crippen molar-refractivity contribution in [3.63, 3.8) is 0 Å². The molecule has 1 saturated heterocycles. The number of hydrogen-bond acceptors (Lipinski definition) is 6. The van der Waals surface area contributed by atoms with Gasteiger partial charge in [0.2, 0.25) is 0 Å². The molecular formula is C14H25NO5. The quantitative estimate of drug-likeness (QED) is 0.779. The minimum absolute atomic E-state index is 0.0956. The van der Waals surface area contributed by atoms with Gasteiger partial charge in [-0.05, 0) is 41.0 Å². The van der Waals surface area contributed by atoms with Crippen LogP contribution in [0.25, 0.3) is 0 Å². The fourth-order valence-electron chi connectivity index (χ4n) is 2.68. The van der Waals surface area contributed by atoms with Crippen molar-refractivity contribution in [1.82, 2.24) is 0 Å². The van der Waals surface area contributed by atoms with Crippen molar-refractivity contribution in [3.05, 3.63) is 0 Å². The Balaban J connectivity index is 1.87. The molecule has 6 nitrogen and oxygen atoms in total. The lowest BCUT2D eigenvalue weighted by Crippen LogP contribution is -2.35. The number of hydrogen-bond donors (Lipinski definition) is 1. The van der Waals surface area contributed by atoms with Crippen LogP contribution in [0.2, 0.25) is 0 Å². The Kier molecular flexibility index (Phi) is 4.12. The SMILES string of the molecule is CC(C)(C)OC(=O)COC1CC(N)C2OC(C)(C)OC12. The molecular weight excluding hydrogens is 262 g/mol. The Morgan fingerprint density at radius 1 is 1.30 bits per heavy atom. The molecule has 116 valence electrons. The highest BCUT2D eigenvalue weighted by Crippen LogP contribution is 2.38. The Hall–Kier alpha value is -0.690. The van der Waals surface area contributed by atoms with E-state index in [-0.39, 0.29) is 36.9 Å². The monoisotopic (exact) mass is 287 g/mol. The summed E-state index contributed by atoms with van der Waals surface area (Å²) >= 11 is 0. The van der Waals surface area contributed by atoms with Gasteiger partial charge >= 0.3 is 5.97 Å². The summed E-state index contributed by atoms with van der Waals surface area (Å²) in [6.07, 6.45) is -0.00540. The van der Waals surface area contributed by atoms with Gasteiger partial charge in [0.25, 0.3) is 0 Å². The van der Waals surface area contributed by atoms with Crippen LogP contribution < -0.4 is 5.73 Å². The molecule has 1 aliphatic carbocycles. The van der Waals surface area contributed by atoms with Crippen LogP contribution >= 0.6 is 0 Å². The Morgan fingerprint density at radius 2 is 1.90 bits per heavy atom. The van der Waals surface area contributed by atoms with Gasteiger partial charge in [0, 0.05) is 6.04 Å². The summed E-state index contributed by atoms with van der Waals surface area (Å²) < 4.78 is 22.4. The van der Waals surface area contributed by atoms with Crippen LogP contribution in [0.15, 0.2) is 0 Å². The van der Waals surface area contributed by atoms with Gasteiger partial charge in [0.05, 0.1) is 6.10 Å². The van der Waals surface area contributed by atoms with Crippen LogP contribution in [-0.4, -0.2) is 48.3 Å². The normalized spacial score (nSPS) is 35.9. The van der Waals surface area contributed by atoms with E-state index in [0.29, 0.717) is 6.42 Å². The van der Waals surface area contributed by atoms with Crippen molar-refractivity contribution in [2.75, 3.05) is 6.61 Å². The molecule has 1 aliphatic heterocycles.